The lowest BCUT2D eigenvalue weighted by Crippen LogP contribution is -2.68. The molecule has 1 aromatic rings. The number of rotatable bonds is 6. The first-order valence-electron chi connectivity index (χ1n) is 11.2. The molecule has 32 heavy (non-hydrogen) atoms. The number of carbonyl (C=O) groups is 2. The van der Waals surface area contributed by atoms with Crippen LogP contribution < -0.4 is 15.4 Å². The molecule has 7 nitrogen and oxygen atoms in total. The quantitative estimate of drug-likeness (QED) is 0.522. The second kappa shape index (κ2) is 7.77. The highest BCUT2D eigenvalue weighted by molar-refractivity contribution is 7.74. The van der Waals surface area contributed by atoms with Crippen LogP contribution in [0.1, 0.15) is 51.4 Å². The Bertz CT molecular complexity index is 1030. The maximum Gasteiger partial charge on any atom is 0.247 e. The summed E-state index contributed by atoms with van der Waals surface area (Å²) in [5.74, 6) is 0.377. The van der Waals surface area contributed by atoms with Crippen LogP contribution >= 0.6 is 23.2 Å². The molecule has 5 aliphatic rings. The average Bonchev–Trinajstić information content (AvgIpc) is 2.67. The fraction of sp³-hybridized carbons (Fsp3) is 0.636. The van der Waals surface area contributed by atoms with E-state index in [1.807, 2.05) is 0 Å². The summed E-state index contributed by atoms with van der Waals surface area (Å²) in [5, 5.41) is 3.81. The molecular formula is C22H27Cl2N3O4S. The van der Waals surface area contributed by atoms with Crippen molar-refractivity contribution in [3.05, 3.63) is 28.2 Å². The molecule has 2 atom stereocenters. The lowest BCUT2D eigenvalue weighted by Gasteiger charge is -2.59. The predicted molar refractivity (Wildman–Crippen MR) is 123 cm³/mol. The van der Waals surface area contributed by atoms with Crippen molar-refractivity contribution in [2.24, 2.45) is 28.9 Å². The second-order valence-corrected chi connectivity index (χ2v) is 11.9. The summed E-state index contributed by atoms with van der Waals surface area (Å²) in [7, 11) is -3.11. The van der Waals surface area contributed by atoms with Crippen LogP contribution in [0.4, 0.5) is 5.69 Å². The summed E-state index contributed by atoms with van der Waals surface area (Å²) in [6, 6.07) is 4.54. The van der Waals surface area contributed by atoms with Gasteiger partial charge in [-0.3, -0.25) is 13.9 Å². The number of carbonyl (C=O) groups excluding carboxylic acids is 2. The Labute approximate surface area is 199 Å². The summed E-state index contributed by atoms with van der Waals surface area (Å²) >= 11 is 12.3. The number of nitrogens with zero attached hydrogens (tertiary/aromatic N) is 1. The number of anilines is 1. The lowest BCUT2D eigenvalue weighted by atomic mass is 9.47. The Morgan fingerprint density at radius 2 is 1.75 bits per heavy atom. The zero-order valence-electron chi connectivity index (χ0n) is 17.6. The number of hydrogen-bond donors (Lipinski definition) is 3. The Hall–Kier alpha value is -1.51. The van der Waals surface area contributed by atoms with Crippen LogP contribution in [0, 0.1) is 23.2 Å². The molecule has 5 fully saturated rings. The van der Waals surface area contributed by atoms with Crippen LogP contribution in [0.2, 0.25) is 10.0 Å². The molecular weight excluding hydrogens is 473 g/mol. The molecule has 0 aromatic heterocycles. The minimum Gasteiger partial charge on any atom is -0.369 e. The average molecular weight is 500 g/mol. The first kappa shape index (κ1) is 22.3. The smallest absolute Gasteiger partial charge is 0.247 e. The topological polar surface area (TPSA) is 110 Å². The molecule has 5 aliphatic carbocycles. The number of halogens is 2. The fourth-order valence-corrected chi connectivity index (χ4v) is 8.53. The number of primary amides is 1. The van der Waals surface area contributed by atoms with Gasteiger partial charge < -0.3 is 11.1 Å². The van der Waals surface area contributed by atoms with Crippen molar-refractivity contribution < 1.29 is 18.0 Å². The third-order valence-electron chi connectivity index (χ3n) is 8.40. The van der Waals surface area contributed by atoms with Gasteiger partial charge in [0.1, 0.15) is 5.54 Å². The first-order valence-corrected chi connectivity index (χ1v) is 13.0. The van der Waals surface area contributed by atoms with Crippen LogP contribution in [-0.4, -0.2) is 31.8 Å². The molecule has 2 unspecified atom stereocenters. The summed E-state index contributed by atoms with van der Waals surface area (Å²) in [5.41, 5.74) is 4.41. The predicted octanol–water partition coefficient (Wildman–Crippen LogP) is 3.05. The highest BCUT2D eigenvalue weighted by atomic mass is 35.5. The van der Waals surface area contributed by atoms with Gasteiger partial charge >= 0.3 is 0 Å². The van der Waals surface area contributed by atoms with Crippen LogP contribution in [0.5, 0.6) is 0 Å². The Morgan fingerprint density at radius 3 is 2.25 bits per heavy atom. The maximum absolute atomic E-state index is 13.7. The number of hydrogen-bond acceptors (Lipinski definition) is 4. The van der Waals surface area contributed by atoms with E-state index in [0.717, 1.165) is 30.0 Å². The number of thiol groups is 1. The van der Waals surface area contributed by atoms with Gasteiger partial charge in [0.2, 0.25) is 22.7 Å². The molecule has 10 heteroatoms. The summed E-state index contributed by atoms with van der Waals surface area (Å²) in [6.07, 6.45) is 5.83. The van der Waals surface area contributed by atoms with E-state index in [9.17, 15) is 18.0 Å². The van der Waals surface area contributed by atoms with E-state index in [1.165, 1.54) is 6.07 Å². The molecule has 1 aromatic carbocycles. The maximum atomic E-state index is 13.7. The molecule has 174 valence electrons. The van der Waals surface area contributed by atoms with Gasteiger partial charge in [0, 0.05) is 16.5 Å². The van der Waals surface area contributed by atoms with Crippen molar-refractivity contribution in [3.8, 4) is 0 Å². The molecule has 6 rings (SSSR count). The van der Waals surface area contributed by atoms with Crippen molar-refractivity contribution in [1.82, 2.24) is 5.32 Å². The van der Waals surface area contributed by atoms with E-state index in [-0.39, 0.29) is 40.4 Å². The standard InChI is InChI=1S/C22H27Cl2N3O4S/c23-15-2-3-17(16(24)8-15)27(32(30)31)22(4-1-5-22)20(29)26-18-13-6-12-7-14(18)11-21(9-12,10-13)19(25)28/h2-3,8,12-14,18,32H,1,4-7,9-11H2,(H2,25,28)(H,26,29). The molecule has 0 spiro atoms. The highest BCUT2D eigenvalue weighted by Gasteiger charge is 2.59. The molecule has 0 aliphatic heterocycles. The largest absolute Gasteiger partial charge is 0.369 e. The Kier molecular flexibility index (Phi) is 5.42. The van der Waals surface area contributed by atoms with Crippen molar-refractivity contribution in [2.45, 2.75) is 62.9 Å². The van der Waals surface area contributed by atoms with Crippen molar-refractivity contribution in [2.75, 3.05) is 4.31 Å². The van der Waals surface area contributed by atoms with E-state index in [1.54, 1.807) is 12.1 Å². The van der Waals surface area contributed by atoms with Gasteiger partial charge in [0.25, 0.3) is 0 Å². The highest BCUT2D eigenvalue weighted by Crippen LogP contribution is 2.60. The van der Waals surface area contributed by atoms with Gasteiger partial charge in [0.15, 0.2) is 0 Å². The number of amides is 2. The van der Waals surface area contributed by atoms with E-state index in [2.05, 4.69) is 5.32 Å². The van der Waals surface area contributed by atoms with E-state index in [4.69, 9.17) is 28.9 Å². The third-order valence-corrected chi connectivity index (χ3v) is 9.87. The van der Waals surface area contributed by atoms with Crippen molar-refractivity contribution in [3.63, 3.8) is 0 Å². The van der Waals surface area contributed by atoms with Crippen LogP contribution in [0.25, 0.3) is 0 Å². The molecule has 5 saturated carbocycles. The summed E-state index contributed by atoms with van der Waals surface area (Å²) < 4.78 is 25.9. The van der Waals surface area contributed by atoms with Gasteiger partial charge in [-0.2, -0.15) is 0 Å². The van der Waals surface area contributed by atoms with Crippen molar-refractivity contribution in [1.29, 1.82) is 0 Å². The SMILES string of the molecule is NC(=O)C12CC3CC(C1)C(NC(=O)C1(N(c4ccc(Cl)cc4Cl)[SH](=O)=O)CCC1)C(C3)C2. The van der Waals surface area contributed by atoms with Gasteiger partial charge in [-0.15, -0.1) is 0 Å². The number of benzene rings is 1. The van der Waals surface area contributed by atoms with Crippen LogP contribution in [-0.2, 0) is 20.5 Å². The first-order chi connectivity index (χ1) is 15.1. The van der Waals surface area contributed by atoms with Gasteiger partial charge in [0.05, 0.1) is 10.7 Å². The zero-order valence-corrected chi connectivity index (χ0v) is 20.0. The van der Waals surface area contributed by atoms with Gasteiger partial charge in [-0.05, 0) is 87.3 Å². The monoisotopic (exact) mass is 499 g/mol. The van der Waals surface area contributed by atoms with Crippen LogP contribution in [0.3, 0.4) is 0 Å². The van der Waals surface area contributed by atoms with Crippen molar-refractivity contribution >= 4 is 51.6 Å². The third kappa shape index (κ3) is 3.32. The van der Waals surface area contributed by atoms with E-state index < -0.39 is 21.8 Å². The number of nitrogens with two attached hydrogens (primary N) is 1. The minimum absolute atomic E-state index is 0.0592. The molecule has 0 saturated heterocycles. The minimum atomic E-state index is -3.11. The Morgan fingerprint density at radius 1 is 1.09 bits per heavy atom. The fourth-order valence-electron chi connectivity index (χ4n) is 7.02. The molecule has 2 amide bonds. The molecule has 3 N–H and O–H groups in total. The van der Waals surface area contributed by atoms with Crippen LogP contribution in [0.15, 0.2) is 18.2 Å². The van der Waals surface area contributed by atoms with E-state index >= 15 is 0 Å². The molecule has 4 bridgehead atoms. The molecule has 0 radical (unpaired) electrons. The normalized spacial score (nSPS) is 34.2. The number of nitrogens with one attached hydrogen (secondary N) is 1. The molecule has 0 heterocycles. The van der Waals surface area contributed by atoms with Gasteiger partial charge in [-0.25, -0.2) is 8.42 Å². The summed E-state index contributed by atoms with van der Waals surface area (Å²) in [4.78, 5) is 25.9. The summed E-state index contributed by atoms with van der Waals surface area (Å²) in [6.45, 7) is 0. The lowest BCUT2D eigenvalue weighted by molar-refractivity contribution is -0.148. The van der Waals surface area contributed by atoms with E-state index in [0.29, 0.717) is 36.6 Å². The Balaban J connectivity index is 1.42. The van der Waals surface area contributed by atoms with Gasteiger partial charge in [-0.1, -0.05) is 23.2 Å². The second-order valence-electron chi connectivity index (χ2n) is 10.1. The zero-order chi connectivity index (χ0) is 22.8.